The maximum Gasteiger partial charge on any atom is 0.312 e. The van der Waals surface area contributed by atoms with Gasteiger partial charge < -0.3 is 9.52 Å². The lowest BCUT2D eigenvalue weighted by molar-refractivity contribution is 0.337. The van der Waals surface area contributed by atoms with Crippen LogP contribution in [-0.4, -0.2) is 21.3 Å². The lowest BCUT2D eigenvalue weighted by Gasteiger charge is -1.97. The van der Waals surface area contributed by atoms with E-state index in [0.717, 1.165) is 14.5 Å². The highest BCUT2D eigenvalue weighted by Crippen LogP contribution is 2.30. The minimum atomic E-state index is -0.286. The number of oxazole rings is 1. The van der Waals surface area contributed by atoms with Crippen LogP contribution in [0.5, 0.6) is 5.95 Å². The van der Waals surface area contributed by atoms with Crippen molar-refractivity contribution >= 4 is 43.9 Å². The van der Waals surface area contributed by atoms with Gasteiger partial charge in [-0.15, -0.1) is 0 Å². The summed E-state index contributed by atoms with van der Waals surface area (Å²) in [5, 5.41) is 9.84. The van der Waals surface area contributed by atoms with Crippen LogP contribution in [0.3, 0.4) is 0 Å². The first-order chi connectivity index (χ1) is 10.6. The fraction of sp³-hybridized carbons (Fsp3) is 0. The van der Waals surface area contributed by atoms with Crippen LogP contribution in [0.1, 0.15) is 5.69 Å². The van der Waals surface area contributed by atoms with Gasteiger partial charge in [0.25, 0.3) is 0 Å². The van der Waals surface area contributed by atoms with Crippen LogP contribution < -0.4 is 0 Å². The van der Waals surface area contributed by atoms with Crippen molar-refractivity contribution < 1.29 is 9.52 Å². The number of aliphatic imine (C=N–C) groups is 1. The van der Waals surface area contributed by atoms with Gasteiger partial charge in [0.05, 0.1) is 11.8 Å². The molecule has 3 aromatic rings. The smallest absolute Gasteiger partial charge is 0.312 e. The minimum Gasteiger partial charge on any atom is -0.479 e. The number of aromatic nitrogens is 2. The molecule has 0 saturated carbocycles. The van der Waals surface area contributed by atoms with Gasteiger partial charge in [-0.2, -0.15) is 0 Å². The summed E-state index contributed by atoms with van der Waals surface area (Å²) in [7, 11) is 0. The Bertz CT molecular complexity index is 829. The first-order valence-electron chi connectivity index (χ1n) is 6.24. The molecule has 0 spiro atoms. The van der Waals surface area contributed by atoms with E-state index in [1.54, 1.807) is 12.3 Å². The quantitative estimate of drug-likeness (QED) is 0.620. The average molecular weight is 423 g/mol. The normalized spacial score (nSPS) is 11.2. The van der Waals surface area contributed by atoms with Crippen LogP contribution in [0.25, 0.3) is 11.5 Å². The molecular weight excluding hydrogens is 414 g/mol. The Labute approximate surface area is 143 Å². The molecule has 2 aromatic heterocycles. The Hall–Kier alpha value is -1.99. The Morgan fingerprint density at radius 1 is 1.14 bits per heavy atom. The lowest BCUT2D eigenvalue weighted by Crippen LogP contribution is -1.84. The maximum absolute atomic E-state index is 9.84. The number of halogens is 2. The summed E-state index contributed by atoms with van der Waals surface area (Å²) in [4.78, 5) is 12.5. The number of pyridine rings is 1. The van der Waals surface area contributed by atoms with Crippen molar-refractivity contribution in [1.29, 1.82) is 0 Å². The van der Waals surface area contributed by atoms with Crippen molar-refractivity contribution in [3.05, 3.63) is 57.2 Å². The number of rotatable bonds is 3. The van der Waals surface area contributed by atoms with Crippen LogP contribution in [0, 0.1) is 0 Å². The third kappa shape index (κ3) is 3.26. The fourth-order valence-corrected chi connectivity index (χ4v) is 2.42. The number of nitrogens with zero attached hydrogens (tertiary/aromatic N) is 3. The molecule has 5 nitrogen and oxygen atoms in total. The standard InChI is InChI=1S/C15H9Br2N3O2/c16-9-5-6-13(18-7-9)19-8-12-15(21)22-14(20-12)10-3-1-2-4-11(10)17/h1-8,21H. The second-order valence-electron chi connectivity index (χ2n) is 4.28. The van der Waals surface area contributed by atoms with Crippen molar-refractivity contribution in [3.63, 3.8) is 0 Å². The summed E-state index contributed by atoms with van der Waals surface area (Å²) in [6.07, 6.45) is 3.05. The summed E-state index contributed by atoms with van der Waals surface area (Å²) in [5.41, 5.74) is 0.995. The van der Waals surface area contributed by atoms with E-state index >= 15 is 0 Å². The zero-order valence-electron chi connectivity index (χ0n) is 11.1. The molecule has 1 N–H and O–H groups in total. The van der Waals surface area contributed by atoms with Gasteiger partial charge in [-0.25, -0.2) is 15.0 Å². The van der Waals surface area contributed by atoms with E-state index in [-0.39, 0.29) is 11.6 Å². The molecule has 0 bridgehead atoms. The third-order valence-electron chi connectivity index (χ3n) is 2.77. The van der Waals surface area contributed by atoms with Crippen LogP contribution >= 0.6 is 31.9 Å². The zero-order chi connectivity index (χ0) is 15.5. The van der Waals surface area contributed by atoms with Gasteiger partial charge in [0.15, 0.2) is 11.5 Å². The summed E-state index contributed by atoms with van der Waals surface area (Å²) < 4.78 is 6.98. The van der Waals surface area contributed by atoms with E-state index in [4.69, 9.17) is 4.42 Å². The molecule has 3 rings (SSSR count). The largest absolute Gasteiger partial charge is 0.479 e. The topological polar surface area (TPSA) is 71.5 Å². The second kappa shape index (κ2) is 6.41. The molecule has 0 fully saturated rings. The fourth-order valence-electron chi connectivity index (χ4n) is 1.73. The molecule has 0 aliphatic carbocycles. The molecular formula is C15H9Br2N3O2. The SMILES string of the molecule is Oc1oc(-c2ccccc2Br)nc1C=Nc1ccc(Br)cn1. The summed E-state index contributed by atoms with van der Waals surface area (Å²) in [6.45, 7) is 0. The second-order valence-corrected chi connectivity index (χ2v) is 6.05. The zero-order valence-corrected chi connectivity index (χ0v) is 14.2. The van der Waals surface area contributed by atoms with Crippen molar-refractivity contribution in [2.75, 3.05) is 0 Å². The predicted octanol–water partition coefficient (Wildman–Crippen LogP) is 4.72. The first-order valence-corrected chi connectivity index (χ1v) is 7.82. The monoisotopic (exact) mass is 421 g/mol. The third-order valence-corrected chi connectivity index (χ3v) is 3.93. The predicted molar refractivity (Wildman–Crippen MR) is 90.5 cm³/mol. The Morgan fingerprint density at radius 3 is 2.68 bits per heavy atom. The number of hydrogen-bond donors (Lipinski definition) is 1. The van der Waals surface area contributed by atoms with Gasteiger partial charge in [-0.3, -0.25) is 0 Å². The average Bonchev–Trinajstić information content (AvgIpc) is 2.88. The molecule has 0 atom stereocenters. The van der Waals surface area contributed by atoms with Gasteiger partial charge in [0.1, 0.15) is 0 Å². The Kier molecular flexibility index (Phi) is 4.35. The van der Waals surface area contributed by atoms with E-state index in [0.29, 0.717) is 11.7 Å². The van der Waals surface area contributed by atoms with E-state index in [1.165, 1.54) is 6.21 Å². The molecule has 2 heterocycles. The highest BCUT2D eigenvalue weighted by molar-refractivity contribution is 9.10. The number of benzene rings is 1. The summed E-state index contributed by atoms with van der Waals surface area (Å²) in [5.74, 6) is 0.537. The van der Waals surface area contributed by atoms with Gasteiger partial charge >= 0.3 is 5.95 Å². The number of aromatic hydroxyl groups is 1. The highest BCUT2D eigenvalue weighted by atomic mass is 79.9. The Morgan fingerprint density at radius 2 is 1.95 bits per heavy atom. The summed E-state index contributed by atoms with van der Waals surface area (Å²) in [6, 6.07) is 11.0. The molecule has 0 radical (unpaired) electrons. The first kappa shape index (κ1) is 14.9. The molecule has 0 unspecified atom stereocenters. The molecule has 110 valence electrons. The van der Waals surface area contributed by atoms with Gasteiger partial charge in [-0.1, -0.05) is 12.1 Å². The van der Waals surface area contributed by atoms with Crippen LogP contribution in [0.4, 0.5) is 5.82 Å². The van der Waals surface area contributed by atoms with Crippen molar-refractivity contribution in [1.82, 2.24) is 9.97 Å². The van der Waals surface area contributed by atoms with Crippen LogP contribution in [-0.2, 0) is 0 Å². The molecule has 0 aliphatic rings. The van der Waals surface area contributed by atoms with E-state index < -0.39 is 0 Å². The van der Waals surface area contributed by atoms with Crippen molar-refractivity contribution in [2.45, 2.75) is 0 Å². The van der Waals surface area contributed by atoms with E-state index in [2.05, 4.69) is 46.8 Å². The van der Waals surface area contributed by atoms with E-state index in [9.17, 15) is 5.11 Å². The van der Waals surface area contributed by atoms with Gasteiger partial charge in [0.2, 0.25) is 5.89 Å². The van der Waals surface area contributed by atoms with Crippen molar-refractivity contribution in [3.8, 4) is 17.4 Å². The highest BCUT2D eigenvalue weighted by Gasteiger charge is 2.14. The van der Waals surface area contributed by atoms with Crippen LogP contribution in [0.15, 0.2) is 61.0 Å². The van der Waals surface area contributed by atoms with Crippen molar-refractivity contribution in [2.24, 2.45) is 4.99 Å². The van der Waals surface area contributed by atoms with Gasteiger partial charge in [-0.05, 0) is 56.1 Å². The van der Waals surface area contributed by atoms with Gasteiger partial charge in [0, 0.05) is 15.1 Å². The Balaban J connectivity index is 1.90. The molecule has 0 aliphatic heterocycles. The maximum atomic E-state index is 9.84. The van der Waals surface area contributed by atoms with E-state index in [1.807, 2.05) is 30.3 Å². The lowest BCUT2D eigenvalue weighted by atomic mass is 10.2. The molecule has 1 aromatic carbocycles. The molecule has 0 amide bonds. The minimum absolute atomic E-state index is 0.246. The van der Waals surface area contributed by atoms with Crippen LogP contribution in [0.2, 0.25) is 0 Å². The molecule has 7 heteroatoms. The molecule has 22 heavy (non-hydrogen) atoms. The summed E-state index contributed by atoms with van der Waals surface area (Å²) >= 11 is 6.72. The molecule has 0 saturated heterocycles. The number of hydrogen-bond acceptors (Lipinski definition) is 5.